The molecule has 0 aliphatic heterocycles. The maximum Gasteiger partial charge on any atom is 0.248 e. The first-order valence-corrected chi connectivity index (χ1v) is 8.78. The lowest BCUT2D eigenvalue weighted by atomic mass is 10.2. The minimum Gasteiger partial charge on any atom is -0.366 e. The molecule has 0 unspecified atom stereocenters. The summed E-state index contributed by atoms with van der Waals surface area (Å²) in [4.78, 5) is 35.0. The van der Waals surface area contributed by atoms with Gasteiger partial charge in [0.1, 0.15) is 5.82 Å². The highest BCUT2D eigenvalue weighted by Gasteiger charge is 2.15. The summed E-state index contributed by atoms with van der Waals surface area (Å²) in [5, 5.41) is 4.86. The number of amides is 3. The molecular formula is C18H18FN3O3S. The zero-order chi connectivity index (χ0) is 19.1. The number of rotatable bonds is 7. The van der Waals surface area contributed by atoms with Gasteiger partial charge in [0.25, 0.3) is 0 Å². The van der Waals surface area contributed by atoms with Crippen LogP contribution in [-0.4, -0.2) is 28.7 Å². The molecule has 2 aromatic rings. The van der Waals surface area contributed by atoms with Gasteiger partial charge < -0.3 is 16.4 Å². The van der Waals surface area contributed by atoms with Gasteiger partial charge in [-0.2, -0.15) is 0 Å². The summed E-state index contributed by atoms with van der Waals surface area (Å²) in [6.45, 7) is 1.68. The second kappa shape index (κ2) is 9.00. The van der Waals surface area contributed by atoms with Gasteiger partial charge >= 0.3 is 0 Å². The zero-order valence-electron chi connectivity index (χ0n) is 14.0. The fraction of sp³-hybridized carbons (Fsp3) is 0.167. The molecule has 6 nitrogen and oxygen atoms in total. The van der Waals surface area contributed by atoms with Crippen molar-refractivity contribution in [2.24, 2.45) is 5.73 Å². The van der Waals surface area contributed by atoms with Crippen molar-refractivity contribution >= 4 is 40.9 Å². The Kier molecular flexibility index (Phi) is 6.74. The monoisotopic (exact) mass is 375 g/mol. The number of nitrogens with one attached hydrogen (secondary N) is 2. The normalized spacial score (nSPS) is 11.5. The van der Waals surface area contributed by atoms with E-state index in [0.717, 1.165) is 0 Å². The van der Waals surface area contributed by atoms with E-state index < -0.39 is 11.2 Å². The van der Waals surface area contributed by atoms with Crippen LogP contribution < -0.4 is 16.4 Å². The second-order valence-electron chi connectivity index (χ2n) is 5.44. The largest absolute Gasteiger partial charge is 0.366 e. The molecule has 0 aliphatic rings. The number of anilines is 2. The first kappa shape index (κ1) is 19.5. The fourth-order valence-corrected chi connectivity index (χ4v) is 2.65. The van der Waals surface area contributed by atoms with Gasteiger partial charge in [0.05, 0.1) is 11.0 Å². The Morgan fingerprint density at radius 3 is 2.12 bits per heavy atom. The third-order valence-corrected chi connectivity index (χ3v) is 4.54. The first-order valence-electron chi connectivity index (χ1n) is 7.73. The van der Waals surface area contributed by atoms with E-state index in [1.54, 1.807) is 19.1 Å². The highest BCUT2D eigenvalue weighted by molar-refractivity contribution is 8.01. The maximum atomic E-state index is 12.8. The van der Waals surface area contributed by atoms with E-state index in [0.29, 0.717) is 16.9 Å². The van der Waals surface area contributed by atoms with Crippen molar-refractivity contribution in [1.29, 1.82) is 0 Å². The molecule has 0 spiro atoms. The average molecular weight is 375 g/mol. The number of benzene rings is 2. The number of nitrogens with two attached hydrogens (primary N) is 1. The summed E-state index contributed by atoms with van der Waals surface area (Å²) in [7, 11) is 0. The molecule has 2 rings (SSSR count). The average Bonchev–Trinajstić information content (AvgIpc) is 2.62. The third-order valence-electron chi connectivity index (χ3n) is 3.40. The number of carbonyl (C=O) groups is 3. The smallest absolute Gasteiger partial charge is 0.248 e. The Morgan fingerprint density at radius 2 is 1.54 bits per heavy atom. The maximum absolute atomic E-state index is 12.8. The van der Waals surface area contributed by atoms with E-state index in [9.17, 15) is 18.8 Å². The molecule has 8 heteroatoms. The van der Waals surface area contributed by atoms with Crippen LogP contribution in [-0.2, 0) is 9.59 Å². The number of hydrogen-bond acceptors (Lipinski definition) is 4. The predicted octanol–water partition coefficient (Wildman–Crippen LogP) is 2.62. The van der Waals surface area contributed by atoms with E-state index in [1.807, 2.05) is 0 Å². The summed E-state index contributed by atoms with van der Waals surface area (Å²) >= 11 is 1.17. The number of thioether (sulfide) groups is 1. The fourth-order valence-electron chi connectivity index (χ4n) is 1.97. The summed E-state index contributed by atoms with van der Waals surface area (Å²) in [6, 6.07) is 11.6. The van der Waals surface area contributed by atoms with Crippen LogP contribution in [0.1, 0.15) is 17.3 Å². The molecule has 2 aromatic carbocycles. The van der Waals surface area contributed by atoms with Crippen LogP contribution in [0.4, 0.5) is 15.8 Å². The molecule has 0 saturated carbocycles. The Balaban J connectivity index is 1.79. The SMILES string of the molecule is C[C@H](SCC(=O)Nc1ccc(F)cc1)C(=O)Nc1ccc(C(N)=O)cc1. The van der Waals surface area contributed by atoms with E-state index in [-0.39, 0.29) is 23.4 Å². The van der Waals surface area contributed by atoms with Crippen molar-refractivity contribution in [1.82, 2.24) is 0 Å². The lowest BCUT2D eigenvalue weighted by Crippen LogP contribution is -2.25. The molecular weight excluding hydrogens is 357 g/mol. The van der Waals surface area contributed by atoms with Crippen LogP contribution in [0.5, 0.6) is 0 Å². The third kappa shape index (κ3) is 5.89. The molecule has 4 N–H and O–H groups in total. The Bertz CT molecular complexity index is 794. The Morgan fingerprint density at radius 1 is 1.00 bits per heavy atom. The molecule has 0 radical (unpaired) electrons. The summed E-state index contributed by atoms with van der Waals surface area (Å²) in [5.41, 5.74) is 6.53. The molecule has 3 amide bonds. The van der Waals surface area contributed by atoms with Crippen molar-refractivity contribution < 1.29 is 18.8 Å². The number of carbonyl (C=O) groups excluding carboxylic acids is 3. The second-order valence-corrected chi connectivity index (χ2v) is 6.77. The lowest BCUT2D eigenvalue weighted by molar-refractivity contribution is -0.115. The van der Waals surface area contributed by atoms with Crippen LogP contribution in [0.3, 0.4) is 0 Å². The summed E-state index contributed by atoms with van der Waals surface area (Å²) < 4.78 is 12.8. The van der Waals surface area contributed by atoms with Gasteiger partial charge in [-0.15, -0.1) is 11.8 Å². The van der Waals surface area contributed by atoms with E-state index in [2.05, 4.69) is 10.6 Å². The van der Waals surface area contributed by atoms with Gasteiger partial charge in [-0.3, -0.25) is 14.4 Å². The van der Waals surface area contributed by atoms with Gasteiger partial charge in [0.15, 0.2) is 0 Å². The molecule has 0 saturated heterocycles. The van der Waals surface area contributed by atoms with Crippen molar-refractivity contribution in [2.45, 2.75) is 12.2 Å². The Hall–Kier alpha value is -2.87. The van der Waals surface area contributed by atoms with E-state index in [4.69, 9.17) is 5.73 Å². The zero-order valence-corrected chi connectivity index (χ0v) is 14.8. The van der Waals surface area contributed by atoms with E-state index >= 15 is 0 Å². The van der Waals surface area contributed by atoms with Crippen LogP contribution in [0.2, 0.25) is 0 Å². The van der Waals surface area contributed by atoms with Gasteiger partial charge in [-0.1, -0.05) is 0 Å². The molecule has 1 atom stereocenters. The molecule has 0 heterocycles. The first-order chi connectivity index (χ1) is 12.3. The van der Waals surface area contributed by atoms with Gasteiger partial charge in [0, 0.05) is 16.9 Å². The van der Waals surface area contributed by atoms with Crippen LogP contribution in [0.15, 0.2) is 48.5 Å². The highest BCUT2D eigenvalue weighted by atomic mass is 32.2. The van der Waals surface area contributed by atoms with Crippen molar-refractivity contribution in [2.75, 3.05) is 16.4 Å². The standard InChI is InChI=1S/C18H18FN3O3S/c1-11(18(25)22-15-6-2-12(3-7-15)17(20)24)26-10-16(23)21-14-8-4-13(19)5-9-14/h2-9,11H,10H2,1H3,(H2,20,24)(H,21,23)(H,22,25)/t11-/m0/s1. The van der Waals surface area contributed by atoms with Crippen LogP contribution in [0.25, 0.3) is 0 Å². The topological polar surface area (TPSA) is 101 Å². The molecule has 136 valence electrons. The van der Waals surface area contributed by atoms with Crippen molar-refractivity contribution in [3.8, 4) is 0 Å². The molecule has 0 aliphatic carbocycles. The van der Waals surface area contributed by atoms with Gasteiger partial charge in [-0.25, -0.2) is 4.39 Å². The lowest BCUT2D eigenvalue weighted by Gasteiger charge is -2.12. The quantitative estimate of drug-likeness (QED) is 0.692. The Labute approximate surface area is 154 Å². The number of hydrogen-bond donors (Lipinski definition) is 3. The summed E-state index contributed by atoms with van der Waals surface area (Å²) in [5.74, 6) is -1.40. The van der Waals surface area contributed by atoms with Crippen molar-refractivity contribution in [3.05, 3.63) is 59.9 Å². The minimum atomic E-state index is -0.543. The minimum absolute atomic E-state index is 0.0760. The molecule has 0 bridgehead atoms. The van der Waals surface area contributed by atoms with Crippen molar-refractivity contribution in [3.63, 3.8) is 0 Å². The predicted molar refractivity (Wildman–Crippen MR) is 101 cm³/mol. The number of primary amides is 1. The van der Waals surface area contributed by atoms with Gasteiger partial charge in [0.2, 0.25) is 17.7 Å². The van der Waals surface area contributed by atoms with E-state index in [1.165, 1.54) is 48.2 Å². The highest BCUT2D eigenvalue weighted by Crippen LogP contribution is 2.16. The van der Waals surface area contributed by atoms with Gasteiger partial charge in [-0.05, 0) is 55.5 Å². The molecule has 0 aromatic heterocycles. The van der Waals surface area contributed by atoms with Crippen LogP contribution in [0, 0.1) is 5.82 Å². The number of halogens is 1. The molecule has 26 heavy (non-hydrogen) atoms. The summed E-state index contributed by atoms with van der Waals surface area (Å²) in [6.07, 6.45) is 0. The molecule has 0 fully saturated rings. The van der Waals surface area contributed by atoms with Crippen LogP contribution >= 0.6 is 11.8 Å².